The van der Waals surface area contributed by atoms with Gasteiger partial charge in [0.25, 0.3) is 0 Å². The number of aromatic nitrogens is 3. The number of nitrogens with zero attached hydrogens (tertiary/aromatic N) is 3. The molecule has 1 aliphatic carbocycles. The molecule has 0 amide bonds. The van der Waals surface area contributed by atoms with Gasteiger partial charge in [-0.15, -0.1) is 0 Å². The average molecular weight is 530 g/mol. The maximum absolute atomic E-state index is 14.0. The number of aliphatic hydroxyl groups is 2. The first-order chi connectivity index (χ1) is 16.9. The average Bonchev–Trinajstić information content (AvgIpc) is 2.90. The Morgan fingerprint density at radius 2 is 1.26 bits per heavy atom. The van der Waals surface area contributed by atoms with Crippen LogP contribution in [-0.2, 0) is 11.2 Å². The number of carbonyl (C=O) groups is 1. The lowest BCUT2D eigenvalue weighted by Gasteiger charge is -2.51. The normalized spacial score (nSPS) is 26.3. The van der Waals surface area contributed by atoms with E-state index in [0.717, 1.165) is 10.0 Å². The fourth-order valence-electron chi connectivity index (χ4n) is 5.26. The lowest BCUT2D eigenvalue weighted by atomic mass is 9.57. The van der Waals surface area contributed by atoms with Crippen LogP contribution in [-0.4, -0.2) is 30.9 Å². The number of benzene rings is 1. The summed E-state index contributed by atoms with van der Waals surface area (Å²) in [5.41, 5.74) is -1.80. The molecule has 4 aromatic rings. The van der Waals surface area contributed by atoms with Crippen molar-refractivity contribution in [3.05, 3.63) is 125 Å². The summed E-state index contributed by atoms with van der Waals surface area (Å²) in [5, 5.41) is 24.8. The van der Waals surface area contributed by atoms with Crippen LogP contribution in [0, 0.1) is 5.92 Å². The van der Waals surface area contributed by atoms with Gasteiger partial charge in [-0.05, 0) is 72.9 Å². The molecule has 1 aromatic carbocycles. The van der Waals surface area contributed by atoms with Crippen molar-refractivity contribution in [2.45, 2.75) is 30.0 Å². The Bertz CT molecular complexity index is 1250. The van der Waals surface area contributed by atoms with Gasteiger partial charge in [-0.1, -0.05) is 46.3 Å². The van der Waals surface area contributed by atoms with E-state index in [1.54, 1.807) is 67.0 Å². The van der Waals surface area contributed by atoms with Crippen molar-refractivity contribution >= 4 is 21.7 Å². The second kappa shape index (κ2) is 9.41. The van der Waals surface area contributed by atoms with Gasteiger partial charge in [0.15, 0.2) is 5.78 Å². The van der Waals surface area contributed by atoms with E-state index in [1.807, 2.05) is 24.3 Å². The van der Waals surface area contributed by atoms with Crippen molar-refractivity contribution in [3.63, 3.8) is 0 Å². The van der Waals surface area contributed by atoms with E-state index in [2.05, 4.69) is 30.9 Å². The van der Waals surface area contributed by atoms with Gasteiger partial charge in [-0.3, -0.25) is 19.7 Å². The molecule has 176 valence electrons. The van der Waals surface area contributed by atoms with Gasteiger partial charge in [0, 0.05) is 23.1 Å². The summed E-state index contributed by atoms with van der Waals surface area (Å²) in [6, 6.07) is 23.3. The SMILES string of the molecule is O=C(c1ccccn1)C1[C@](O)(c2ccccn2)CC(c2ccc(Br)cc2)C[C@]1(O)c1ccccn1. The van der Waals surface area contributed by atoms with Crippen molar-refractivity contribution in [1.82, 2.24) is 15.0 Å². The first-order valence-electron chi connectivity index (χ1n) is 11.4. The molecule has 4 atom stereocenters. The summed E-state index contributed by atoms with van der Waals surface area (Å²) < 4.78 is 0.931. The summed E-state index contributed by atoms with van der Waals surface area (Å²) in [6.45, 7) is 0. The highest BCUT2D eigenvalue weighted by Gasteiger charge is 2.61. The van der Waals surface area contributed by atoms with Gasteiger partial charge in [-0.25, -0.2) is 0 Å². The third-order valence-corrected chi connectivity index (χ3v) is 7.34. The second-order valence-corrected chi connectivity index (χ2v) is 9.86. The monoisotopic (exact) mass is 529 g/mol. The summed E-state index contributed by atoms with van der Waals surface area (Å²) in [4.78, 5) is 27.1. The van der Waals surface area contributed by atoms with E-state index in [0.29, 0.717) is 11.4 Å². The van der Waals surface area contributed by atoms with Crippen LogP contribution in [0.4, 0.5) is 0 Å². The third-order valence-electron chi connectivity index (χ3n) is 6.81. The number of ketones is 1. The van der Waals surface area contributed by atoms with Gasteiger partial charge >= 0.3 is 0 Å². The molecule has 0 saturated heterocycles. The minimum absolute atomic E-state index is 0.170. The quantitative estimate of drug-likeness (QED) is 0.361. The molecule has 1 fully saturated rings. The van der Waals surface area contributed by atoms with Crippen molar-refractivity contribution < 1.29 is 15.0 Å². The van der Waals surface area contributed by atoms with Crippen LogP contribution in [0.3, 0.4) is 0 Å². The Labute approximate surface area is 211 Å². The number of Topliss-reactive ketones (excluding diaryl/α,β-unsaturated/α-hetero) is 1. The molecule has 0 spiro atoms. The van der Waals surface area contributed by atoms with E-state index >= 15 is 0 Å². The number of carbonyl (C=O) groups excluding carboxylic acids is 1. The maximum atomic E-state index is 14.0. The van der Waals surface area contributed by atoms with Crippen LogP contribution in [0.5, 0.6) is 0 Å². The molecule has 3 aromatic heterocycles. The van der Waals surface area contributed by atoms with E-state index in [9.17, 15) is 15.0 Å². The minimum Gasteiger partial charge on any atom is -0.383 e. The van der Waals surface area contributed by atoms with Crippen LogP contribution in [0.1, 0.15) is 46.2 Å². The highest BCUT2D eigenvalue weighted by Crippen LogP contribution is 2.56. The molecule has 6 nitrogen and oxygen atoms in total. The number of pyridine rings is 3. The highest BCUT2D eigenvalue weighted by molar-refractivity contribution is 9.10. The minimum atomic E-state index is -1.78. The smallest absolute Gasteiger partial charge is 0.190 e. The Morgan fingerprint density at radius 1 is 0.743 bits per heavy atom. The van der Waals surface area contributed by atoms with Gasteiger partial charge < -0.3 is 10.2 Å². The zero-order valence-electron chi connectivity index (χ0n) is 18.8. The maximum Gasteiger partial charge on any atom is 0.190 e. The van der Waals surface area contributed by atoms with Crippen LogP contribution < -0.4 is 0 Å². The molecular formula is C28H24BrN3O3. The number of hydrogen-bond donors (Lipinski definition) is 2. The van der Waals surface area contributed by atoms with E-state index in [4.69, 9.17) is 0 Å². The Morgan fingerprint density at radius 3 is 1.71 bits per heavy atom. The zero-order chi connectivity index (χ0) is 24.5. The molecule has 0 aliphatic heterocycles. The van der Waals surface area contributed by atoms with Crippen molar-refractivity contribution in [2.24, 2.45) is 5.92 Å². The summed E-state index contributed by atoms with van der Waals surface area (Å²) >= 11 is 3.47. The first-order valence-corrected chi connectivity index (χ1v) is 12.2. The van der Waals surface area contributed by atoms with Crippen LogP contribution in [0.2, 0.25) is 0 Å². The fourth-order valence-corrected chi connectivity index (χ4v) is 5.52. The number of hydrogen-bond acceptors (Lipinski definition) is 6. The van der Waals surface area contributed by atoms with Gasteiger partial charge in [0.1, 0.15) is 16.9 Å². The highest BCUT2D eigenvalue weighted by atomic mass is 79.9. The molecule has 3 heterocycles. The Kier molecular flexibility index (Phi) is 6.32. The number of halogens is 1. The van der Waals surface area contributed by atoms with Crippen molar-refractivity contribution in [3.8, 4) is 0 Å². The third kappa shape index (κ3) is 4.31. The van der Waals surface area contributed by atoms with Crippen LogP contribution in [0.25, 0.3) is 0 Å². The lowest BCUT2D eigenvalue weighted by molar-refractivity contribution is -0.160. The molecule has 2 N–H and O–H groups in total. The van der Waals surface area contributed by atoms with Crippen molar-refractivity contribution in [2.75, 3.05) is 0 Å². The molecule has 35 heavy (non-hydrogen) atoms. The van der Waals surface area contributed by atoms with Crippen LogP contribution in [0.15, 0.2) is 102 Å². The van der Waals surface area contributed by atoms with Crippen LogP contribution >= 0.6 is 15.9 Å². The molecule has 1 saturated carbocycles. The van der Waals surface area contributed by atoms with E-state index in [1.165, 1.54) is 6.20 Å². The molecule has 2 unspecified atom stereocenters. The predicted octanol–water partition coefficient (Wildman–Crippen LogP) is 4.79. The molecular weight excluding hydrogens is 506 g/mol. The van der Waals surface area contributed by atoms with E-state index < -0.39 is 22.9 Å². The standard InChI is InChI=1S/C28H24BrN3O3/c29-21-12-10-19(11-13-21)20-17-27(34,23-8-2-5-15-31-23)26(25(33)22-7-1-4-14-30-22)28(35,18-20)24-9-3-6-16-32-24/h1-16,20,26,34-35H,17-18H2/t20?,26?,27-,28+. The Hall–Kier alpha value is -3.26. The van der Waals surface area contributed by atoms with Crippen molar-refractivity contribution in [1.29, 1.82) is 0 Å². The largest absolute Gasteiger partial charge is 0.383 e. The predicted molar refractivity (Wildman–Crippen MR) is 134 cm³/mol. The van der Waals surface area contributed by atoms with Gasteiger partial charge in [0.2, 0.25) is 0 Å². The summed E-state index contributed by atoms with van der Waals surface area (Å²) in [7, 11) is 0. The molecule has 0 radical (unpaired) electrons. The fraction of sp³-hybridized carbons (Fsp3) is 0.214. The van der Waals surface area contributed by atoms with Gasteiger partial charge in [0.05, 0.1) is 17.3 Å². The zero-order valence-corrected chi connectivity index (χ0v) is 20.4. The number of rotatable bonds is 5. The molecule has 1 aliphatic rings. The summed E-state index contributed by atoms with van der Waals surface area (Å²) in [6.07, 6.45) is 5.09. The first kappa shape index (κ1) is 23.5. The second-order valence-electron chi connectivity index (χ2n) is 8.95. The van der Waals surface area contributed by atoms with E-state index in [-0.39, 0.29) is 24.5 Å². The Balaban J connectivity index is 1.73. The summed E-state index contributed by atoms with van der Waals surface area (Å²) in [5.74, 6) is -2.00. The molecule has 0 bridgehead atoms. The molecule has 7 heteroatoms. The lowest BCUT2D eigenvalue weighted by Crippen LogP contribution is -2.57. The molecule has 5 rings (SSSR count). The van der Waals surface area contributed by atoms with Gasteiger partial charge in [-0.2, -0.15) is 0 Å². The topological polar surface area (TPSA) is 96.2 Å².